The molecule has 7 nitrogen and oxygen atoms in total. The van der Waals surface area contributed by atoms with E-state index < -0.39 is 5.97 Å². The Bertz CT molecular complexity index is 549. The van der Waals surface area contributed by atoms with Crippen molar-refractivity contribution < 1.29 is 19.4 Å². The summed E-state index contributed by atoms with van der Waals surface area (Å²) in [7, 11) is 0. The summed E-state index contributed by atoms with van der Waals surface area (Å²) in [6, 6.07) is 3.74. The first kappa shape index (κ1) is 17.2. The molecule has 0 radical (unpaired) electrons. The Labute approximate surface area is 135 Å². The van der Waals surface area contributed by atoms with Crippen molar-refractivity contribution >= 4 is 17.8 Å². The second-order valence-corrected chi connectivity index (χ2v) is 5.79. The molecule has 1 fully saturated rings. The minimum absolute atomic E-state index is 0.0470. The first-order chi connectivity index (χ1) is 10.9. The standard InChI is InChI=1S/C16H23N3O4/c1-4-23-16(22)13-5-6-14(17-7-13)18-8-11(2)19(10-15(20)21)12(3)9-18/h5-7,11-12H,4,8-10H2,1-3H3,(H,20,21). The highest BCUT2D eigenvalue weighted by Crippen LogP contribution is 2.21. The third-order valence-corrected chi connectivity index (χ3v) is 4.00. The number of piperazine rings is 1. The molecule has 1 aromatic heterocycles. The third kappa shape index (κ3) is 4.19. The van der Waals surface area contributed by atoms with Crippen LogP contribution in [0.15, 0.2) is 18.3 Å². The van der Waals surface area contributed by atoms with Gasteiger partial charge in [-0.3, -0.25) is 9.69 Å². The van der Waals surface area contributed by atoms with Crippen LogP contribution in [0, 0.1) is 0 Å². The van der Waals surface area contributed by atoms with Crippen LogP contribution in [0.1, 0.15) is 31.1 Å². The van der Waals surface area contributed by atoms with Crippen LogP contribution in [0.5, 0.6) is 0 Å². The molecule has 126 valence electrons. The average molecular weight is 321 g/mol. The molecule has 23 heavy (non-hydrogen) atoms. The Balaban J connectivity index is 2.06. The third-order valence-electron chi connectivity index (χ3n) is 4.00. The Morgan fingerprint density at radius 2 is 1.96 bits per heavy atom. The number of aliphatic carboxylic acids is 1. The second kappa shape index (κ2) is 7.41. The highest BCUT2D eigenvalue weighted by atomic mass is 16.5. The second-order valence-electron chi connectivity index (χ2n) is 5.79. The number of esters is 1. The number of pyridine rings is 1. The number of carboxylic acid groups (broad SMARTS) is 1. The van der Waals surface area contributed by atoms with E-state index in [2.05, 4.69) is 9.88 Å². The Morgan fingerprint density at radius 3 is 2.43 bits per heavy atom. The monoisotopic (exact) mass is 321 g/mol. The van der Waals surface area contributed by atoms with Crippen LogP contribution in [0.3, 0.4) is 0 Å². The number of ether oxygens (including phenoxy) is 1. The van der Waals surface area contributed by atoms with E-state index in [1.807, 2.05) is 18.7 Å². The molecule has 2 unspecified atom stereocenters. The van der Waals surface area contributed by atoms with Gasteiger partial charge in [-0.05, 0) is 32.9 Å². The molecule has 2 rings (SSSR count). The van der Waals surface area contributed by atoms with Crippen LogP contribution >= 0.6 is 0 Å². The predicted molar refractivity (Wildman–Crippen MR) is 85.7 cm³/mol. The lowest BCUT2D eigenvalue weighted by Crippen LogP contribution is -2.58. The van der Waals surface area contributed by atoms with Crippen LogP contribution in [0.25, 0.3) is 0 Å². The number of nitrogens with zero attached hydrogens (tertiary/aromatic N) is 3. The van der Waals surface area contributed by atoms with E-state index in [1.165, 1.54) is 6.20 Å². The van der Waals surface area contributed by atoms with Gasteiger partial charge in [0.05, 0.1) is 18.7 Å². The largest absolute Gasteiger partial charge is 0.480 e. The molecule has 0 aromatic carbocycles. The average Bonchev–Trinajstić information content (AvgIpc) is 2.51. The van der Waals surface area contributed by atoms with E-state index >= 15 is 0 Å². The summed E-state index contributed by atoms with van der Waals surface area (Å²) in [6.07, 6.45) is 1.52. The molecule has 1 N–H and O–H groups in total. The van der Waals surface area contributed by atoms with Gasteiger partial charge in [0.25, 0.3) is 0 Å². The Morgan fingerprint density at radius 1 is 1.30 bits per heavy atom. The van der Waals surface area contributed by atoms with Crippen LogP contribution < -0.4 is 4.90 Å². The van der Waals surface area contributed by atoms with Gasteiger partial charge in [0, 0.05) is 31.4 Å². The van der Waals surface area contributed by atoms with Crippen molar-refractivity contribution in [1.82, 2.24) is 9.88 Å². The molecule has 0 amide bonds. The number of hydrogen-bond donors (Lipinski definition) is 1. The first-order valence-corrected chi connectivity index (χ1v) is 7.78. The van der Waals surface area contributed by atoms with Gasteiger partial charge in [-0.15, -0.1) is 0 Å². The summed E-state index contributed by atoms with van der Waals surface area (Å²) < 4.78 is 4.94. The summed E-state index contributed by atoms with van der Waals surface area (Å²) in [5.74, 6) is -0.402. The zero-order valence-corrected chi connectivity index (χ0v) is 13.7. The van der Waals surface area contributed by atoms with Crippen molar-refractivity contribution in [2.45, 2.75) is 32.9 Å². The van der Waals surface area contributed by atoms with Gasteiger partial charge in [-0.2, -0.15) is 0 Å². The van der Waals surface area contributed by atoms with Crippen LogP contribution in [-0.4, -0.2) is 65.3 Å². The first-order valence-electron chi connectivity index (χ1n) is 7.78. The van der Waals surface area contributed by atoms with E-state index in [0.29, 0.717) is 25.3 Å². The van der Waals surface area contributed by atoms with Gasteiger partial charge in [0.1, 0.15) is 5.82 Å². The lowest BCUT2D eigenvalue weighted by molar-refractivity contribution is -0.139. The minimum atomic E-state index is -0.811. The SMILES string of the molecule is CCOC(=O)c1ccc(N2CC(C)N(CC(=O)O)C(C)C2)nc1. The number of carbonyl (C=O) groups excluding carboxylic acids is 1. The van der Waals surface area contributed by atoms with Gasteiger partial charge in [-0.25, -0.2) is 9.78 Å². The van der Waals surface area contributed by atoms with Gasteiger partial charge >= 0.3 is 11.9 Å². The molecule has 0 aliphatic carbocycles. The number of anilines is 1. The van der Waals surface area contributed by atoms with E-state index in [0.717, 1.165) is 5.82 Å². The fourth-order valence-corrected chi connectivity index (χ4v) is 2.92. The Hall–Kier alpha value is -2.15. The molecule has 1 aromatic rings. The smallest absolute Gasteiger partial charge is 0.339 e. The van der Waals surface area contributed by atoms with Crippen LogP contribution in [-0.2, 0) is 9.53 Å². The molecular weight excluding hydrogens is 298 g/mol. The van der Waals surface area contributed by atoms with E-state index in [9.17, 15) is 9.59 Å². The normalized spacial score (nSPS) is 22.0. The van der Waals surface area contributed by atoms with Gasteiger partial charge < -0.3 is 14.7 Å². The molecule has 2 atom stereocenters. The van der Waals surface area contributed by atoms with Crippen molar-refractivity contribution in [1.29, 1.82) is 0 Å². The summed E-state index contributed by atoms with van der Waals surface area (Å²) >= 11 is 0. The molecule has 1 aliphatic heterocycles. The van der Waals surface area contributed by atoms with Crippen LogP contribution in [0.4, 0.5) is 5.82 Å². The van der Waals surface area contributed by atoms with Gasteiger partial charge in [0.15, 0.2) is 0 Å². The molecule has 0 saturated carbocycles. The number of carboxylic acids is 1. The lowest BCUT2D eigenvalue weighted by atomic mass is 10.1. The zero-order chi connectivity index (χ0) is 17.0. The number of carbonyl (C=O) groups is 2. The highest BCUT2D eigenvalue weighted by Gasteiger charge is 2.31. The van der Waals surface area contributed by atoms with Crippen molar-refractivity contribution in [2.75, 3.05) is 31.1 Å². The van der Waals surface area contributed by atoms with Crippen LogP contribution in [0.2, 0.25) is 0 Å². The van der Waals surface area contributed by atoms with Gasteiger partial charge in [-0.1, -0.05) is 0 Å². The quantitative estimate of drug-likeness (QED) is 0.817. The van der Waals surface area contributed by atoms with Crippen molar-refractivity contribution in [3.05, 3.63) is 23.9 Å². The van der Waals surface area contributed by atoms with Gasteiger partial charge in [0.2, 0.25) is 0 Å². The van der Waals surface area contributed by atoms with Crippen molar-refractivity contribution in [3.63, 3.8) is 0 Å². The minimum Gasteiger partial charge on any atom is -0.480 e. The van der Waals surface area contributed by atoms with Crippen molar-refractivity contribution in [3.8, 4) is 0 Å². The summed E-state index contributed by atoms with van der Waals surface area (Å²) in [6.45, 7) is 7.57. The summed E-state index contributed by atoms with van der Waals surface area (Å²) in [4.78, 5) is 31.0. The molecule has 1 aliphatic rings. The maximum Gasteiger partial charge on any atom is 0.339 e. The fraction of sp³-hybridized carbons (Fsp3) is 0.562. The molecule has 7 heteroatoms. The summed E-state index contributed by atoms with van der Waals surface area (Å²) in [5.41, 5.74) is 0.432. The van der Waals surface area contributed by atoms with E-state index in [4.69, 9.17) is 9.84 Å². The maximum atomic E-state index is 11.6. The molecule has 0 bridgehead atoms. The molecule has 0 spiro atoms. The predicted octanol–water partition coefficient (Wildman–Crippen LogP) is 1.24. The molecular formula is C16H23N3O4. The molecule has 1 saturated heterocycles. The fourth-order valence-electron chi connectivity index (χ4n) is 2.92. The topological polar surface area (TPSA) is 83.0 Å². The number of rotatable bonds is 5. The van der Waals surface area contributed by atoms with E-state index in [-0.39, 0.29) is 24.6 Å². The van der Waals surface area contributed by atoms with Crippen molar-refractivity contribution in [2.24, 2.45) is 0 Å². The molecule has 2 heterocycles. The number of aromatic nitrogens is 1. The zero-order valence-electron chi connectivity index (χ0n) is 13.7. The maximum absolute atomic E-state index is 11.6. The summed E-state index contributed by atoms with van der Waals surface area (Å²) in [5, 5.41) is 9.00. The lowest BCUT2D eigenvalue weighted by Gasteiger charge is -2.44. The number of hydrogen-bond acceptors (Lipinski definition) is 6. The highest BCUT2D eigenvalue weighted by molar-refractivity contribution is 5.89. The Kier molecular flexibility index (Phi) is 5.54. The van der Waals surface area contributed by atoms with E-state index in [1.54, 1.807) is 19.1 Å².